The molecule has 2 aromatic carbocycles. The van der Waals surface area contributed by atoms with Gasteiger partial charge in [-0.3, -0.25) is 19.4 Å². The summed E-state index contributed by atoms with van der Waals surface area (Å²) in [4.78, 5) is 29.8. The maximum Gasteiger partial charge on any atom is 0.239 e. The molecule has 0 saturated carbocycles. The molecular weight excluding hydrogens is 392 g/mol. The van der Waals surface area contributed by atoms with E-state index in [0.717, 1.165) is 24.2 Å². The summed E-state index contributed by atoms with van der Waals surface area (Å²) >= 11 is 0. The molecule has 0 bridgehead atoms. The number of nitrogens with one attached hydrogen (secondary N) is 2. The van der Waals surface area contributed by atoms with E-state index in [1.165, 1.54) is 0 Å². The Bertz CT molecular complexity index is 903. The Morgan fingerprint density at radius 1 is 1.16 bits per heavy atom. The molecule has 164 valence electrons. The molecule has 7 heteroatoms. The molecule has 0 aromatic heterocycles. The molecule has 2 saturated heterocycles. The molecule has 2 fully saturated rings. The van der Waals surface area contributed by atoms with E-state index in [-0.39, 0.29) is 35.7 Å². The van der Waals surface area contributed by atoms with Crippen molar-refractivity contribution in [2.45, 2.75) is 43.9 Å². The number of nitrogens with zero attached hydrogens (tertiary/aromatic N) is 2. The topological polar surface area (TPSA) is 84.9 Å². The van der Waals surface area contributed by atoms with Gasteiger partial charge in [0.2, 0.25) is 11.8 Å². The van der Waals surface area contributed by atoms with Crippen molar-refractivity contribution in [3.05, 3.63) is 60.2 Å². The maximum atomic E-state index is 12.9. The van der Waals surface area contributed by atoms with Crippen molar-refractivity contribution in [1.82, 2.24) is 15.1 Å². The van der Waals surface area contributed by atoms with E-state index in [4.69, 9.17) is 0 Å². The van der Waals surface area contributed by atoms with Gasteiger partial charge in [0.25, 0.3) is 0 Å². The van der Waals surface area contributed by atoms with E-state index in [9.17, 15) is 14.7 Å². The van der Waals surface area contributed by atoms with Gasteiger partial charge in [-0.05, 0) is 49.7 Å². The van der Waals surface area contributed by atoms with E-state index in [2.05, 4.69) is 27.5 Å². The number of phenols is 1. The Labute approximate surface area is 183 Å². The molecule has 31 heavy (non-hydrogen) atoms. The molecule has 2 aliphatic heterocycles. The second-order valence-corrected chi connectivity index (χ2v) is 8.46. The van der Waals surface area contributed by atoms with Gasteiger partial charge in [0.15, 0.2) is 0 Å². The van der Waals surface area contributed by atoms with Gasteiger partial charge in [0.1, 0.15) is 11.8 Å². The van der Waals surface area contributed by atoms with Crippen molar-refractivity contribution < 1.29 is 14.7 Å². The van der Waals surface area contributed by atoms with Crippen molar-refractivity contribution in [1.29, 1.82) is 0 Å². The van der Waals surface area contributed by atoms with E-state index < -0.39 is 0 Å². The van der Waals surface area contributed by atoms with Crippen LogP contribution in [0.4, 0.5) is 5.69 Å². The number of phenolic OH excluding ortho intramolecular Hbond substituents is 1. The van der Waals surface area contributed by atoms with Crippen molar-refractivity contribution in [3.8, 4) is 5.75 Å². The van der Waals surface area contributed by atoms with Crippen molar-refractivity contribution in [3.63, 3.8) is 0 Å². The number of likely N-dealkylation sites (N-methyl/N-ethyl adjacent to an activating group) is 1. The summed E-state index contributed by atoms with van der Waals surface area (Å²) in [5.41, 5.74) is 1.88. The number of amides is 2. The Hall–Kier alpha value is -2.90. The number of carbonyl (C=O) groups is 2. The Balaban J connectivity index is 1.36. The molecule has 0 spiro atoms. The zero-order valence-corrected chi connectivity index (χ0v) is 17.8. The van der Waals surface area contributed by atoms with Crippen molar-refractivity contribution >= 4 is 17.5 Å². The average molecular weight is 423 g/mol. The predicted octanol–water partition coefficient (Wildman–Crippen LogP) is 2.18. The lowest BCUT2D eigenvalue weighted by atomic mass is 10.0. The van der Waals surface area contributed by atoms with Crippen LogP contribution in [0.3, 0.4) is 0 Å². The third kappa shape index (κ3) is 5.06. The number of benzene rings is 2. The van der Waals surface area contributed by atoms with Crippen LogP contribution >= 0.6 is 0 Å². The fourth-order valence-corrected chi connectivity index (χ4v) is 4.70. The first-order chi connectivity index (χ1) is 15.0. The Morgan fingerprint density at radius 2 is 1.90 bits per heavy atom. The predicted molar refractivity (Wildman–Crippen MR) is 120 cm³/mol. The summed E-state index contributed by atoms with van der Waals surface area (Å²) in [6, 6.07) is 16.7. The maximum absolute atomic E-state index is 12.9. The van der Waals surface area contributed by atoms with Gasteiger partial charge in [0.05, 0.1) is 0 Å². The first-order valence-corrected chi connectivity index (χ1v) is 10.9. The van der Waals surface area contributed by atoms with Gasteiger partial charge in [-0.25, -0.2) is 0 Å². The fourth-order valence-electron chi connectivity index (χ4n) is 4.70. The van der Waals surface area contributed by atoms with Gasteiger partial charge in [-0.15, -0.1) is 0 Å². The van der Waals surface area contributed by atoms with Gasteiger partial charge >= 0.3 is 0 Å². The van der Waals surface area contributed by atoms with Gasteiger partial charge in [-0.1, -0.05) is 30.3 Å². The monoisotopic (exact) mass is 422 g/mol. The van der Waals surface area contributed by atoms with Crippen LogP contribution in [-0.4, -0.2) is 65.0 Å². The molecule has 0 unspecified atom stereocenters. The van der Waals surface area contributed by atoms with E-state index in [1.807, 2.05) is 42.5 Å². The van der Waals surface area contributed by atoms with Crippen LogP contribution in [0.2, 0.25) is 0 Å². The SMILES string of the molecule is CN1[C@@H](CCC(=O)Nc2ccccc2)CNC(=O)[C@@H]2[C@H]1CCN2Cc1ccc(O)cc1. The number of aromatic hydroxyl groups is 1. The number of rotatable bonds is 6. The van der Waals surface area contributed by atoms with Crippen molar-refractivity contribution in [2.75, 3.05) is 25.5 Å². The number of hydrogen-bond acceptors (Lipinski definition) is 5. The number of para-hydroxylation sites is 1. The summed E-state index contributed by atoms with van der Waals surface area (Å²) in [6.07, 6.45) is 2.02. The molecule has 2 heterocycles. The molecule has 2 aliphatic rings. The first-order valence-electron chi connectivity index (χ1n) is 10.9. The standard InChI is InChI=1S/C24H30N4O3/c1-27-19(9-12-22(30)26-18-5-3-2-4-6-18)15-25-24(31)23-21(27)13-14-28(23)16-17-7-10-20(29)11-8-17/h2-8,10-11,19,21,23,29H,9,12-16H2,1H3,(H,25,31)(H,26,30)/t19-,21+,23-/m0/s1. The lowest BCUT2D eigenvalue weighted by molar-refractivity contribution is -0.126. The van der Waals surface area contributed by atoms with Crippen LogP contribution in [0.25, 0.3) is 0 Å². The zero-order chi connectivity index (χ0) is 21.8. The fraction of sp³-hybridized carbons (Fsp3) is 0.417. The quantitative estimate of drug-likeness (QED) is 0.665. The van der Waals surface area contributed by atoms with Crippen LogP contribution < -0.4 is 10.6 Å². The third-order valence-corrected chi connectivity index (χ3v) is 6.43. The number of hydrogen-bond donors (Lipinski definition) is 3. The van der Waals surface area contributed by atoms with Crippen LogP contribution in [0.15, 0.2) is 54.6 Å². The minimum atomic E-state index is -0.207. The lowest BCUT2D eigenvalue weighted by Gasteiger charge is -2.33. The molecule has 7 nitrogen and oxygen atoms in total. The van der Waals surface area contributed by atoms with Crippen molar-refractivity contribution in [2.24, 2.45) is 0 Å². The summed E-state index contributed by atoms with van der Waals surface area (Å²) in [5, 5.41) is 15.5. The van der Waals surface area contributed by atoms with Gasteiger partial charge in [0, 0.05) is 43.8 Å². The highest BCUT2D eigenvalue weighted by atomic mass is 16.3. The first kappa shape index (κ1) is 21.3. The lowest BCUT2D eigenvalue weighted by Crippen LogP contribution is -2.49. The zero-order valence-electron chi connectivity index (χ0n) is 17.8. The molecule has 4 rings (SSSR count). The molecule has 0 aliphatic carbocycles. The van der Waals surface area contributed by atoms with Crippen LogP contribution in [-0.2, 0) is 16.1 Å². The second-order valence-electron chi connectivity index (χ2n) is 8.46. The Kier molecular flexibility index (Phi) is 6.53. The van der Waals surface area contributed by atoms with E-state index >= 15 is 0 Å². The summed E-state index contributed by atoms with van der Waals surface area (Å²) < 4.78 is 0. The largest absolute Gasteiger partial charge is 0.508 e. The molecular formula is C24H30N4O3. The molecule has 2 aromatic rings. The highest BCUT2D eigenvalue weighted by molar-refractivity contribution is 5.90. The molecule has 3 atom stereocenters. The van der Waals surface area contributed by atoms with Crippen LogP contribution in [0.1, 0.15) is 24.8 Å². The number of likely N-dealkylation sites (tertiary alicyclic amines) is 1. The Morgan fingerprint density at radius 3 is 2.65 bits per heavy atom. The number of carbonyl (C=O) groups excluding carboxylic acids is 2. The molecule has 0 radical (unpaired) electrons. The van der Waals surface area contributed by atoms with Crippen LogP contribution in [0, 0.1) is 0 Å². The third-order valence-electron chi connectivity index (χ3n) is 6.43. The minimum Gasteiger partial charge on any atom is -0.508 e. The normalized spacial score (nSPS) is 24.3. The highest BCUT2D eigenvalue weighted by Crippen LogP contribution is 2.29. The number of fused-ring (bicyclic) bond motifs is 1. The van der Waals surface area contributed by atoms with Crippen LogP contribution in [0.5, 0.6) is 5.75 Å². The van der Waals surface area contributed by atoms with Gasteiger partial charge < -0.3 is 15.7 Å². The number of anilines is 1. The summed E-state index contributed by atoms with van der Waals surface area (Å²) in [5.74, 6) is 0.297. The second kappa shape index (κ2) is 9.49. The van der Waals surface area contributed by atoms with E-state index in [0.29, 0.717) is 25.9 Å². The molecule has 2 amide bonds. The smallest absolute Gasteiger partial charge is 0.239 e. The average Bonchev–Trinajstić information content (AvgIpc) is 3.14. The van der Waals surface area contributed by atoms with E-state index in [1.54, 1.807) is 12.1 Å². The summed E-state index contributed by atoms with van der Waals surface area (Å²) in [6.45, 7) is 2.07. The van der Waals surface area contributed by atoms with Gasteiger partial charge in [-0.2, -0.15) is 0 Å². The minimum absolute atomic E-state index is 0.00731. The highest BCUT2D eigenvalue weighted by Gasteiger charge is 2.44. The summed E-state index contributed by atoms with van der Waals surface area (Å²) in [7, 11) is 2.07. The molecule has 3 N–H and O–H groups in total.